The Labute approximate surface area is 151 Å². The summed E-state index contributed by atoms with van der Waals surface area (Å²) in [5.41, 5.74) is 1.22. The largest absolute Gasteiger partial charge is 0.368 e. The molecule has 4 rings (SSSR count). The summed E-state index contributed by atoms with van der Waals surface area (Å²) < 4.78 is 5.84. The van der Waals surface area contributed by atoms with Gasteiger partial charge in [0, 0.05) is 31.3 Å². The van der Waals surface area contributed by atoms with Crippen molar-refractivity contribution in [2.75, 3.05) is 13.7 Å². The van der Waals surface area contributed by atoms with Gasteiger partial charge in [-0.3, -0.25) is 4.79 Å². The average molecular weight is 342 g/mol. The number of piperidine rings is 1. The van der Waals surface area contributed by atoms with Gasteiger partial charge >= 0.3 is 0 Å². The van der Waals surface area contributed by atoms with Gasteiger partial charge in [0.2, 0.25) is 0 Å². The molecule has 0 spiro atoms. The molecule has 3 heterocycles. The summed E-state index contributed by atoms with van der Waals surface area (Å²) >= 11 is 0. The third-order valence-corrected chi connectivity index (χ3v) is 6.45. The molecular weight excluding hydrogens is 312 g/mol. The first-order chi connectivity index (χ1) is 12.2. The molecule has 4 heteroatoms. The second-order valence-corrected chi connectivity index (χ2v) is 7.98. The summed E-state index contributed by atoms with van der Waals surface area (Å²) in [6.07, 6.45) is 7.63. The van der Waals surface area contributed by atoms with Gasteiger partial charge in [-0.05, 0) is 57.6 Å². The zero-order chi connectivity index (χ0) is 17.2. The third kappa shape index (κ3) is 3.61. The van der Waals surface area contributed by atoms with Crippen LogP contribution in [0.25, 0.3) is 0 Å². The molecule has 1 aromatic carbocycles. The van der Waals surface area contributed by atoms with Gasteiger partial charge in [0.15, 0.2) is 0 Å². The topological polar surface area (TPSA) is 32.8 Å². The molecule has 25 heavy (non-hydrogen) atoms. The fraction of sp³-hybridized carbons (Fsp3) is 0.667. The van der Waals surface area contributed by atoms with Crippen LogP contribution >= 0.6 is 0 Å². The number of carbonyl (C=O) groups is 1. The van der Waals surface area contributed by atoms with Crippen LogP contribution in [0.4, 0.5) is 0 Å². The van der Waals surface area contributed by atoms with Gasteiger partial charge in [0.1, 0.15) is 6.10 Å². The van der Waals surface area contributed by atoms with E-state index < -0.39 is 0 Å². The summed E-state index contributed by atoms with van der Waals surface area (Å²) in [7, 11) is 2.26. The average Bonchev–Trinajstić information content (AvgIpc) is 2.87. The van der Waals surface area contributed by atoms with E-state index in [9.17, 15) is 4.79 Å². The van der Waals surface area contributed by atoms with E-state index in [1.807, 2.05) is 6.07 Å². The van der Waals surface area contributed by atoms with Gasteiger partial charge in [0.25, 0.3) is 5.91 Å². The number of nitrogens with zero attached hydrogens (tertiary/aromatic N) is 2. The van der Waals surface area contributed by atoms with Crippen LogP contribution in [-0.2, 0) is 16.1 Å². The maximum absolute atomic E-state index is 13.3. The lowest BCUT2D eigenvalue weighted by molar-refractivity contribution is -0.151. The molecule has 2 unspecified atom stereocenters. The van der Waals surface area contributed by atoms with Crippen LogP contribution in [0.15, 0.2) is 30.3 Å². The van der Waals surface area contributed by atoms with Crippen molar-refractivity contribution in [1.82, 2.24) is 9.80 Å². The van der Waals surface area contributed by atoms with Crippen molar-refractivity contribution in [1.29, 1.82) is 0 Å². The van der Waals surface area contributed by atoms with Crippen LogP contribution in [0.1, 0.15) is 50.5 Å². The Balaban J connectivity index is 1.54. The van der Waals surface area contributed by atoms with E-state index in [-0.39, 0.29) is 12.0 Å². The number of hydrogen-bond donors (Lipinski definition) is 0. The van der Waals surface area contributed by atoms with Crippen molar-refractivity contribution in [2.24, 2.45) is 0 Å². The van der Waals surface area contributed by atoms with E-state index in [2.05, 4.69) is 41.1 Å². The summed E-state index contributed by atoms with van der Waals surface area (Å²) in [5.74, 6) is 0.220. The van der Waals surface area contributed by atoms with E-state index in [1.165, 1.54) is 18.4 Å². The van der Waals surface area contributed by atoms with Crippen LogP contribution < -0.4 is 0 Å². The number of hydrogen-bond acceptors (Lipinski definition) is 3. The number of carbonyl (C=O) groups excluding carboxylic acids is 1. The lowest BCUT2D eigenvalue weighted by Gasteiger charge is -2.43. The third-order valence-electron chi connectivity index (χ3n) is 6.45. The zero-order valence-corrected chi connectivity index (χ0v) is 15.3. The molecule has 0 radical (unpaired) electrons. The fourth-order valence-corrected chi connectivity index (χ4v) is 4.92. The molecule has 0 aliphatic carbocycles. The summed E-state index contributed by atoms with van der Waals surface area (Å²) in [5, 5.41) is 0. The van der Waals surface area contributed by atoms with Gasteiger partial charge in [-0.15, -0.1) is 0 Å². The van der Waals surface area contributed by atoms with E-state index in [0.29, 0.717) is 24.7 Å². The lowest BCUT2D eigenvalue weighted by Crippen LogP contribution is -2.53. The molecule has 4 nitrogen and oxygen atoms in total. The standard InChI is InChI=1S/C21H30N2O2/c1-22-17-10-11-18(22)14-19(13-17)23(15-16-7-3-2-4-8-16)21(24)20-9-5-6-12-25-20/h2-4,7-8,17-20H,5-6,9-15H2,1H3/t17-,18+,19?,20?. The van der Waals surface area contributed by atoms with Gasteiger partial charge in [0.05, 0.1) is 0 Å². The van der Waals surface area contributed by atoms with E-state index >= 15 is 0 Å². The predicted molar refractivity (Wildman–Crippen MR) is 98.2 cm³/mol. The van der Waals surface area contributed by atoms with Crippen LogP contribution in [0.5, 0.6) is 0 Å². The molecule has 0 saturated carbocycles. The van der Waals surface area contributed by atoms with Crippen molar-refractivity contribution in [3.8, 4) is 0 Å². The number of ether oxygens (including phenoxy) is 1. The number of fused-ring (bicyclic) bond motifs is 2. The molecule has 3 aliphatic rings. The minimum absolute atomic E-state index is 0.220. The molecule has 3 saturated heterocycles. The smallest absolute Gasteiger partial charge is 0.252 e. The Morgan fingerprint density at radius 2 is 1.84 bits per heavy atom. The molecule has 1 aromatic rings. The number of benzene rings is 1. The first-order valence-corrected chi connectivity index (χ1v) is 9.90. The monoisotopic (exact) mass is 342 g/mol. The highest BCUT2D eigenvalue weighted by Crippen LogP contribution is 2.37. The Morgan fingerprint density at radius 3 is 2.48 bits per heavy atom. The fourth-order valence-electron chi connectivity index (χ4n) is 4.92. The van der Waals surface area contributed by atoms with Crippen LogP contribution in [0.2, 0.25) is 0 Å². The molecule has 3 aliphatic heterocycles. The SMILES string of the molecule is CN1[C@@H]2CC[C@H]1CC(N(Cc1ccccc1)C(=O)C1CCCCO1)C2. The first kappa shape index (κ1) is 17.0. The minimum Gasteiger partial charge on any atom is -0.368 e. The van der Waals surface area contributed by atoms with Gasteiger partial charge in [-0.2, -0.15) is 0 Å². The summed E-state index contributed by atoms with van der Waals surface area (Å²) in [6.45, 7) is 1.45. The second-order valence-electron chi connectivity index (χ2n) is 7.98. The number of rotatable bonds is 4. The van der Waals surface area contributed by atoms with Crippen LogP contribution in [-0.4, -0.2) is 53.6 Å². The van der Waals surface area contributed by atoms with Gasteiger partial charge < -0.3 is 14.5 Å². The molecule has 0 aromatic heterocycles. The minimum atomic E-state index is -0.227. The van der Waals surface area contributed by atoms with Crippen LogP contribution in [0, 0.1) is 0 Å². The second kappa shape index (κ2) is 7.46. The molecule has 0 N–H and O–H groups in total. The molecule has 4 atom stereocenters. The zero-order valence-electron chi connectivity index (χ0n) is 15.3. The Bertz CT molecular complexity index is 571. The van der Waals surface area contributed by atoms with Crippen LogP contribution in [0.3, 0.4) is 0 Å². The molecule has 136 valence electrons. The lowest BCUT2D eigenvalue weighted by atomic mass is 9.95. The summed E-state index contributed by atoms with van der Waals surface area (Å²) in [4.78, 5) is 18.0. The predicted octanol–water partition coefficient (Wildman–Crippen LogP) is 3.21. The highest BCUT2D eigenvalue weighted by molar-refractivity contribution is 5.81. The molecular formula is C21H30N2O2. The van der Waals surface area contributed by atoms with Crippen molar-refractivity contribution in [2.45, 2.75) is 75.7 Å². The highest BCUT2D eigenvalue weighted by Gasteiger charge is 2.42. The molecule has 3 fully saturated rings. The normalized spacial score (nSPS) is 32.5. The first-order valence-electron chi connectivity index (χ1n) is 9.90. The van der Waals surface area contributed by atoms with E-state index in [4.69, 9.17) is 4.74 Å². The Kier molecular flexibility index (Phi) is 5.09. The maximum atomic E-state index is 13.3. The van der Waals surface area contributed by atoms with Crippen molar-refractivity contribution < 1.29 is 9.53 Å². The molecule has 1 amide bonds. The highest BCUT2D eigenvalue weighted by atomic mass is 16.5. The van der Waals surface area contributed by atoms with Gasteiger partial charge in [-0.25, -0.2) is 0 Å². The van der Waals surface area contributed by atoms with Crippen molar-refractivity contribution in [3.05, 3.63) is 35.9 Å². The van der Waals surface area contributed by atoms with E-state index in [1.54, 1.807) is 0 Å². The number of amides is 1. The van der Waals surface area contributed by atoms with Gasteiger partial charge in [-0.1, -0.05) is 30.3 Å². The Morgan fingerprint density at radius 1 is 1.12 bits per heavy atom. The Hall–Kier alpha value is -1.39. The quantitative estimate of drug-likeness (QED) is 0.842. The maximum Gasteiger partial charge on any atom is 0.252 e. The van der Waals surface area contributed by atoms with Crippen molar-refractivity contribution >= 4 is 5.91 Å². The summed E-state index contributed by atoms with van der Waals surface area (Å²) in [6, 6.07) is 12.1. The van der Waals surface area contributed by atoms with Crippen molar-refractivity contribution in [3.63, 3.8) is 0 Å². The molecule has 2 bridgehead atoms. The van der Waals surface area contributed by atoms with E-state index in [0.717, 1.165) is 38.7 Å².